The number of aromatic nitrogens is 1. The molecule has 1 aromatic heterocycles. The Bertz CT molecular complexity index is 253. The number of anilines is 1. The van der Waals surface area contributed by atoms with Crippen molar-refractivity contribution in [3.63, 3.8) is 0 Å². The quantitative estimate of drug-likeness (QED) is 0.747. The summed E-state index contributed by atoms with van der Waals surface area (Å²) in [6.07, 6.45) is 0.993. The predicted octanol–water partition coefficient (Wildman–Crippen LogP) is 1.35. The average molecular weight is 185 g/mol. The fourth-order valence-electron chi connectivity index (χ4n) is 0.995. The summed E-state index contributed by atoms with van der Waals surface area (Å²) in [6.45, 7) is 4.84. The molecular formula is C8H15N3S. The van der Waals surface area contributed by atoms with E-state index >= 15 is 0 Å². The minimum atomic E-state index is -0.00583. The molecule has 12 heavy (non-hydrogen) atoms. The molecule has 1 rings (SSSR count). The van der Waals surface area contributed by atoms with Gasteiger partial charge in [-0.2, -0.15) is 0 Å². The molecule has 0 saturated carbocycles. The first-order valence-electron chi connectivity index (χ1n) is 4.04. The summed E-state index contributed by atoms with van der Waals surface area (Å²) in [6, 6.07) is 0. The van der Waals surface area contributed by atoms with Crippen LogP contribution >= 0.6 is 11.3 Å². The Balaban J connectivity index is 2.94. The Morgan fingerprint density at radius 3 is 2.67 bits per heavy atom. The molecule has 0 saturated heterocycles. The molecule has 3 nitrogen and oxygen atoms in total. The van der Waals surface area contributed by atoms with Crippen molar-refractivity contribution in [2.45, 2.75) is 25.7 Å². The second-order valence-corrected chi connectivity index (χ2v) is 4.08. The van der Waals surface area contributed by atoms with E-state index < -0.39 is 0 Å². The van der Waals surface area contributed by atoms with Crippen molar-refractivity contribution in [2.24, 2.45) is 5.73 Å². The van der Waals surface area contributed by atoms with E-state index in [1.807, 2.05) is 5.38 Å². The van der Waals surface area contributed by atoms with Crippen molar-refractivity contribution in [1.29, 1.82) is 0 Å². The highest BCUT2D eigenvalue weighted by molar-refractivity contribution is 7.13. The van der Waals surface area contributed by atoms with Crippen molar-refractivity contribution in [2.75, 3.05) is 12.3 Å². The smallest absolute Gasteiger partial charge is 0.180 e. The van der Waals surface area contributed by atoms with E-state index in [0.717, 1.165) is 12.1 Å². The highest BCUT2D eigenvalue weighted by atomic mass is 32.1. The molecule has 68 valence electrons. The Morgan fingerprint density at radius 1 is 1.67 bits per heavy atom. The van der Waals surface area contributed by atoms with E-state index in [1.165, 1.54) is 11.3 Å². The van der Waals surface area contributed by atoms with Gasteiger partial charge in [-0.1, -0.05) is 13.8 Å². The zero-order chi connectivity index (χ0) is 9.19. The van der Waals surface area contributed by atoms with Crippen LogP contribution < -0.4 is 11.5 Å². The fourth-order valence-corrected chi connectivity index (χ4v) is 1.72. The van der Waals surface area contributed by atoms with Crippen LogP contribution in [-0.2, 0) is 5.41 Å². The first-order chi connectivity index (χ1) is 5.62. The maximum Gasteiger partial charge on any atom is 0.180 e. The largest absolute Gasteiger partial charge is 0.375 e. The minimum absolute atomic E-state index is 0.00583. The summed E-state index contributed by atoms with van der Waals surface area (Å²) in [7, 11) is 0. The molecule has 0 aliphatic rings. The van der Waals surface area contributed by atoms with E-state index in [0.29, 0.717) is 11.7 Å². The lowest BCUT2D eigenvalue weighted by atomic mass is 9.85. The van der Waals surface area contributed by atoms with Crippen molar-refractivity contribution in [1.82, 2.24) is 4.98 Å². The lowest BCUT2D eigenvalue weighted by Gasteiger charge is -2.23. The average Bonchev–Trinajstić information content (AvgIpc) is 2.51. The molecule has 1 aromatic rings. The predicted molar refractivity (Wildman–Crippen MR) is 53.2 cm³/mol. The normalized spacial score (nSPS) is 15.9. The van der Waals surface area contributed by atoms with Crippen LogP contribution in [-0.4, -0.2) is 11.5 Å². The van der Waals surface area contributed by atoms with Gasteiger partial charge in [-0.05, 0) is 6.42 Å². The summed E-state index contributed by atoms with van der Waals surface area (Å²) in [4.78, 5) is 4.24. The third-order valence-corrected chi connectivity index (χ3v) is 3.05. The molecule has 0 spiro atoms. The van der Waals surface area contributed by atoms with E-state index in [4.69, 9.17) is 11.5 Å². The Hall–Kier alpha value is -0.610. The van der Waals surface area contributed by atoms with Gasteiger partial charge in [0.05, 0.1) is 5.69 Å². The van der Waals surface area contributed by atoms with E-state index in [2.05, 4.69) is 18.8 Å². The molecule has 0 bridgehead atoms. The van der Waals surface area contributed by atoms with Crippen molar-refractivity contribution in [3.8, 4) is 0 Å². The monoisotopic (exact) mass is 185 g/mol. The van der Waals surface area contributed by atoms with Crippen LogP contribution in [0, 0.1) is 0 Å². The zero-order valence-electron chi connectivity index (χ0n) is 7.50. The SMILES string of the molecule is CCC(C)(CN)c1csc(N)n1. The van der Waals surface area contributed by atoms with Gasteiger partial charge >= 0.3 is 0 Å². The fraction of sp³-hybridized carbons (Fsp3) is 0.625. The first kappa shape index (κ1) is 9.48. The summed E-state index contributed by atoms with van der Waals surface area (Å²) in [5, 5.41) is 2.62. The van der Waals surface area contributed by atoms with E-state index in [-0.39, 0.29) is 5.41 Å². The van der Waals surface area contributed by atoms with Crippen LogP contribution in [0.25, 0.3) is 0 Å². The maximum atomic E-state index is 5.68. The van der Waals surface area contributed by atoms with Crippen molar-refractivity contribution < 1.29 is 0 Å². The van der Waals surface area contributed by atoms with E-state index in [1.54, 1.807) is 0 Å². The van der Waals surface area contributed by atoms with Crippen LogP contribution in [0.3, 0.4) is 0 Å². The third-order valence-electron chi connectivity index (χ3n) is 2.37. The third kappa shape index (κ3) is 1.59. The molecule has 0 aliphatic carbocycles. The number of hydrogen-bond acceptors (Lipinski definition) is 4. The first-order valence-corrected chi connectivity index (χ1v) is 4.92. The van der Waals surface area contributed by atoms with Gasteiger partial charge in [0.2, 0.25) is 0 Å². The van der Waals surface area contributed by atoms with Gasteiger partial charge in [-0.15, -0.1) is 11.3 Å². The van der Waals surface area contributed by atoms with Crippen LogP contribution in [0.1, 0.15) is 26.0 Å². The van der Waals surface area contributed by atoms with Crippen LogP contribution in [0.4, 0.5) is 5.13 Å². The summed E-state index contributed by atoms with van der Waals surface area (Å²) in [5.74, 6) is 0. The maximum absolute atomic E-state index is 5.68. The Labute approximate surface area is 76.8 Å². The molecule has 4 heteroatoms. The van der Waals surface area contributed by atoms with Gasteiger partial charge in [-0.3, -0.25) is 0 Å². The molecule has 0 amide bonds. The van der Waals surface area contributed by atoms with Gasteiger partial charge < -0.3 is 11.5 Å². The number of nitrogens with zero attached hydrogens (tertiary/aromatic N) is 1. The lowest BCUT2D eigenvalue weighted by Crippen LogP contribution is -2.31. The Morgan fingerprint density at radius 2 is 2.33 bits per heavy atom. The Kier molecular flexibility index (Phi) is 2.69. The molecule has 1 unspecified atom stereocenters. The van der Waals surface area contributed by atoms with Gasteiger partial charge in [0.1, 0.15) is 0 Å². The number of nitrogens with two attached hydrogens (primary N) is 2. The standard InChI is InChI=1S/C8H15N3S/c1-3-8(2,5-9)6-4-12-7(10)11-6/h4H,3,5,9H2,1-2H3,(H2,10,11). The van der Waals surface area contributed by atoms with Crippen molar-refractivity contribution in [3.05, 3.63) is 11.1 Å². The van der Waals surface area contributed by atoms with Crippen LogP contribution in [0.2, 0.25) is 0 Å². The molecule has 1 heterocycles. The van der Waals surface area contributed by atoms with Gasteiger partial charge in [-0.25, -0.2) is 4.98 Å². The van der Waals surface area contributed by atoms with Crippen molar-refractivity contribution >= 4 is 16.5 Å². The van der Waals surface area contributed by atoms with Crippen LogP contribution in [0.5, 0.6) is 0 Å². The summed E-state index contributed by atoms with van der Waals surface area (Å²) < 4.78 is 0. The molecule has 1 atom stereocenters. The summed E-state index contributed by atoms with van der Waals surface area (Å²) >= 11 is 1.47. The number of nitrogen functional groups attached to an aromatic ring is 1. The molecule has 0 aliphatic heterocycles. The molecule has 0 radical (unpaired) electrons. The summed E-state index contributed by atoms with van der Waals surface area (Å²) in [5.41, 5.74) is 12.3. The minimum Gasteiger partial charge on any atom is -0.375 e. The number of thiazole rings is 1. The topological polar surface area (TPSA) is 64.9 Å². The molecular weight excluding hydrogens is 170 g/mol. The number of rotatable bonds is 3. The van der Waals surface area contributed by atoms with Gasteiger partial charge in [0.25, 0.3) is 0 Å². The van der Waals surface area contributed by atoms with Gasteiger partial charge in [0.15, 0.2) is 5.13 Å². The second-order valence-electron chi connectivity index (χ2n) is 3.19. The van der Waals surface area contributed by atoms with Gasteiger partial charge in [0, 0.05) is 17.3 Å². The molecule has 0 aromatic carbocycles. The lowest BCUT2D eigenvalue weighted by molar-refractivity contribution is 0.456. The molecule has 0 fully saturated rings. The highest BCUT2D eigenvalue weighted by Gasteiger charge is 2.25. The second kappa shape index (κ2) is 3.41. The highest BCUT2D eigenvalue weighted by Crippen LogP contribution is 2.27. The van der Waals surface area contributed by atoms with Crippen LogP contribution in [0.15, 0.2) is 5.38 Å². The number of hydrogen-bond donors (Lipinski definition) is 2. The molecule has 4 N–H and O–H groups in total. The van der Waals surface area contributed by atoms with E-state index in [9.17, 15) is 0 Å². The zero-order valence-corrected chi connectivity index (χ0v) is 8.32.